The van der Waals surface area contributed by atoms with E-state index in [2.05, 4.69) is 41.4 Å². The molecule has 116 valence electrons. The van der Waals surface area contributed by atoms with Crippen LogP contribution in [0.2, 0.25) is 0 Å². The first-order chi connectivity index (χ1) is 10.6. The molecule has 0 amide bonds. The lowest BCUT2D eigenvalue weighted by Gasteiger charge is -2.31. The van der Waals surface area contributed by atoms with E-state index in [1.165, 1.54) is 5.56 Å². The Kier molecular flexibility index (Phi) is 4.24. The van der Waals surface area contributed by atoms with Crippen molar-refractivity contribution in [3.05, 3.63) is 41.7 Å². The van der Waals surface area contributed by atoms with Gasteiger partial charge in [0.15, 0.2) is 0 Å². The number of rotatable bonds is 4. The Labute approximate surface area is 130 Å². The number of hydrogen-bond donors (Lipinski definition) is 2. The van der Waals surface area contributed by atoms with Crippen LogP contribution in [0.25, 0.3) is 11.1 Å². The zero-order valence-corrected chi connectivity index (χ0v) is 12.7. The Balaban J connectivity index is 1.82. The van der Waals surface area contributed by atoms with Gasteiger partial charge in [0.25, 0.3) is 0 Å². The molecular weight excluding hydrogens is 278 g/mol. The standard InChI is InChI=1S/C17H21N3O2/c1-12-4-6-13(7-5-12)15-9-18-19-17(15)14-3-2-8-20(10-14)11-16(21)22/h4-7,9,14H,2-3,8,10-11H2,1H3,(H,18,19)(H,21,22)/t14-/m0/s1. The largest absolute Gasteiger partial charge is 0.480 e. The maximum Gasteiger partial charge on any atom is 0.317 e. The number of benzene rings is 1. The molecule has 2 aromatic rings. The van der Waals surface area contributed by atoms with Crippen molar-refractivity contribution in [3.8, 4) is 11.1 Å². The number of carboxylic acids is 1. The van der Waals surface area contributed by atoms with Gasteiger partial charge >= 0.3 is 5.97 Å². The van der Waals surface area contributed by atoms with Crippen LogP contribution in [0.4, 0.5) is 0 Å². The summed E-state index contributed by atoms with van der Waals surface area (Å²) in [5, 5.41) is 16.3. The minimum absolute atomic E-state index is 0.116. The van der Waals surface area contributed by atoms with Gasteiger partial charge in [0, 0.05) is 23.7 Å². The predicted molar refractivity (Wildman–Crippen MR) is 84.8 cm³/mol. The third-order valence-corrected chi connectivity index (χ3v) is 4.30. The summed E-state index contributed by atoms with van der Waals surface area (Å²) < 4.78 is 0. The lowest BCUT2D eigenvalue weighted by atomic mass is 9.90. The topological polar surface area (TPSA) is 69.2 Å². The molecule has 0 bridgehead atoms. The molecule has 1 aromatic carbocycles. The number of aromatic nitrogens is 2. The van der Waals surface area contributed by atoms with Crippen molar-refractivity contribution in [1.82, 2.24) is 15.1 Å². The molecule has 0 aliphatic carbocycles. The molecule has 22 heavy (non-hydrogen) atoms. The zero-order valence-electron chi connectivity index (χ0n) is 12.7. The summed E-state index contributed by atoms with van der Waals surface area (Å²) in [7, 11) is 0. The van der Waals surface area contributed by atoms with Gasteiger partial charge in [-0.1, -0.05) is 29.8 Å². The van der Waals surface area contributed by atoms with Crippen LogP contribution in [0.15, 0.2) is 30.5 Å². The normalized spacial score (nSPS) is 19.2. The Morgan fingerprint density at radius 2 is 2.18 bits per heavy atom. The molecule has 1 fully saturated rings. The molecule has 3 rings (SSSR count). The van der Waals surface area contributed by atoms with E-state index in [-0.39, 0.29) is 6.54 Å². The second-order valence-electron chi connectivity index (χ2n) is 6.03. The summed E-state index contributed by atoms with van der Waals surface area (Å²) in [5.74, 6) is -0.448. The Hall–Kier alpha value is -2.14. The molecule has 5 heteroatoms. The minimum Gasteiger partial charge on any atom is -0.480 e. The van der Waals surface area contributed by atoms with E-state index in [0.29, 0.717) is 5.92 Å². The van der Waals surface area contributed by atoms with Crippen LogP contribution in [-0.4, -0.2) is 45.8 Å². The quantitative estimate of drug-likeness (QED) is 0.910. The molecule has 5 nitrogen and oxygen atoms in total. The van der Waals surface area contributed by atoms with Crippen molar-refractivity contribution in [2.24, 2.45) is 0 Å². The third kappa shape index (κ3) is 3.20. The fraction of sp³-hybridized carbons (Fsp3) is 0.412. The number of aryl methyl sites for hydroxylation is 1. The molecule has 2 heterocycles. The van der Waals surface area contributed by atoms with E-state index in [0.717, 1.165) is 42.8 Å². The summed E-state index contributed by atoms with van der Waals surface area (Å²) in [5.41, 5.74) is 4.64. The van der Waals surface area contributed by atoms with Crippen LogP contribution in [0.1, 0.15) is 30.0 Å². The first-order valence-corrected chi connectivity index (χ1v) is 7.68. The van der Waals surface area contributed by atoms with Crippen molar-refractivity contribution in [2.75, 3.05) is 19.6 Å². The van der Waals surface area contributed by atoms with Crippen LogP contribution < -0.4 is 0 Å². The van der Waals surface area contributed by atoms with E-state index in [9.17, 15) is 4.79 Å². The fourth-order valence-electron chi connectivity index (χ4n) is 3.20. The van der Waals surface area contributed by atoms with Crippen molar-refractivity contribution in [1.29, 1.82) is 0 Å². The van der Waals surface area contributed by atoms with Crippen LogP contribution in [0.5, 0.6) is 0 Å². The summed E-state index contributed by atoms with van der Waals surface area (Å²) in [6, 6.07) is 8.43. The number of hydrogen-bond acceptors (Lipinski definition) is 3. The van der Waals surface area contributed by atoms with E-state index < -0.39 is 5.97 Å². The Bertz CT molecular complexity index is 648. The summed E-state index contributed by atoms with van der Waals surface area (Å²) in [6.45, 7) is 3.82. The highest BCUT2D eigenvalue weighted by atomic mass is 16.4. The first-order valence-electron chi connectivity index (χ1n) is 7.68. The van der Waals surface area contributed by atoms with Crippen molar-refractivity contribution >= 4 is 5.97 Å². The van der Waals surface area contributed by atoms with Gasteiger partial charge in [0.1, 0.15) is 0 Å². The summed E-state index contributed by atoms with van der Waals surface area (Å²) in [4.78, 5) is 12.9. The molecule has 1 atom stereocenters. The number of aliphatic carboxylic acids is 1. The number of nitrogens with one attached hydrogen (secondary N) is 1. The lowest BCUT2D eigenvalue weighted by Crippen LogP contribution is -2.38. The van der Waals surface area contributed by atoms with Gasteiger partial charge < -0.3 is 5.11 Å². The van der Waals surface area contributed by atoms with Gasteiger partial charge in [-0.3, -0.25) is 14.8 Å². The minimum atomic E-state index is -0.760. The van der Waals surface area contributed by atoms with Crippen LogP contribution in [0, 0.1) is 6.92 Å². The fourth-order valence-corrected chi connectivity index (χ4v) is 3.20. The predicted octanol–water partition coefficient (Wildman–Crippen LogP) is 2.65. The average Bonchev–Trinajstić information content (AvgIpc) is 2.97. The smallest absolute Gasteiger partial charge is 0.317 e. The summed E-state index contributed by atoms with van der Waals surface area (Å²) >= 11 is 0. The summed E-state index contributed by atoms with van der Waals surface area (Å²) in [6.07, 6.45) is 3.96. The highest BCUT2D eigenvalue weighted by molar-refractivity contribution is 5.69. The van der Waals surface area contributed by atoms with Crippen LogP contribution in [0.3, 0.4) is 0 Å². The molecule has 0 unspecified atom stereocenters. The maximum absolute atomic E-state index is 10.9. The molecular formula is C17H21N3O2. The highest BCUT2D eigenvalue weighted by Crippen LogP contribution is 2.32. The van der Waals surface area contributed by atoms with Gasteiger partial charge in [0.05, 0.1) is 12.7 Å². The second-order valence-corrected chi connectivity index (χ2v) is 6.03. The second kappa shape index (κ2) is 6.32. The van der Waals surface area contributed by atoms with Gasteiger partial charge in [-0.05, 0) is 31.9 Å². The van der Waals surface area contributed by atoms with E-state index >= 15 is 0 Å². The molecule has 1 aromatic heterocycles. The number of piperidine rings is 1. The molecule has 1 aliphatic heterocycles. The number of carboxylic acid groups (broad SMARTS) is 1. The van der Waals surface area contributed by atoms with Gasteiger partial charge in [-0.15, -0.1) is 0 Å². The van der Waals surface area contributed by atoms with Crippen LogP contribution >= 0.6 is 0 Å². The van der Waals surface area contributed by atoms with E-state index in [1.54, 1.807) is 0 Å². The van der Waals surface area contributed by atoms with Gasteiger partial charge in [-0.2, -0.15) is 5.10 Å². The number of aromatic amines is 1. The average molecular weight is 299 g/mol. The molecule has 0 spiro atoms. The van der Waals surface area contributed by atoms with Crippen LogP contribution in [-0.2, 0) is 4.79 Å². The number of carbonyl (C=O) groups is 1. The molecule has 0 saturated carbocycles. The molecule has 2 N–H and O–H groups in total. The highest BCUT2D eigenvalue weighted by Gasteiger charge is 2.26. The van der Waals surface area contributed by atoms with E-state index in [4.69, 9.17) is 5.11 Å². The monoisotopic (exact) mass is 299 g/mol. The van der Waals surface area contributed by atoms with Crippen molar-refractivity contribution in [2.45, 2.75) is 25.7 Å². The molecule has 1 aliphatic rings. The number of H-pyrrole nitrogens is 1. The molecule has 1 saturated heterocycles. The Morgan fingerprint density at radius 3 is 2.91 bits per heavy atom. The third-order valence-electron chi connectivity index (χ3n) is 4.30. The van der Waals surface area contributed by atoms with Crippen molar-refractivity contribution < 1.29 is 9.90 Å². The SMILES string of the molecule is Cc1ccc(-c2cn[nH]c2[C@H]2CCCN(CC(=O)O)C2)cc1. The van der Waals surface area contributed by atoms with Gasteiger partial charge in [-0.25, -0.2) is 0 Å². The zero-order chi connectivity index (χ0) is 15.5. The number of likely N-dealkylation sites (tertiary alicyclic amines) is 1. The first kappa shape index (κ1) is 14.8. The van der Waals surface area contributed by atoms with Gasteiger partial charge in [0.2, 0.25) is 0 Å². The maximum atomic E-state index is 10.9. The van der Waals surface area contributed by atoms with Crippen molar-refractivity contribution in [3.63, 3.8) is 0 Å². The lowest BCUT2D eigenvalue weighted by molar-refractivity contribution is -0.138. The van der Waals surface area contributed by atoms with E-state index in [1.807, 2.05) is 11.1 Å². The number of nitrogens with zero attached hydrogens (tertiary/aromatic N) is 2. The molecule has 0 radical (unpaired) electrons. The Morgan fingerprint density at radius 1 is 1.41 bits per heavy atom.